The van der Waals surface area contributed by atoms with Gasteiger partial charge in [-0.1, -0.05) is 25.0 Å². The molecule has 2 aliphatic rings. The standard InChI is InChI=1S/C24H32N4O3/c1-27(2)24-25-15-20(18-9-6-10-19(14-18)30-3)23(26-24)21-16-28(11-12-31-21)22(29)13-17-7-4-5-8-17/h6,9-10,14-15,17,21H,4-5,7-8,11-13,16H2,1-3H3/t21-/m0/s1. The number of benzene rings is 1. The van der Waals surface area contributed by atoms with Crippen molar-refractivity contribution >= 4 is 11.9 Å². The van der Waals surface area contributed by atoms with Crippen molar-refractivity contribution in [1.29, 1.82) is 0 Å². The van der Waals surface area contributed by atoms with Crippen molar-refractivity contribution in [2.24, 2.45) is 5.92 Å². The molecule has 7 heteroatoms. The molecule has 7 nitrogen and oxygen atoms in total. The van der Waals surface area contributed by atoms with Crippen LogP contribution in [0.25, 0.3) is 11.1 Å². The van der Waals surface area contributed by atoms with E-state index < -0.39 is 0 Å². The summed E-state index contributed by atoms with van der Waals surface area (Å²) in [6, 6.07) is 7.87. The van der Waals surface area contributed by atoms with Crippen LogP contribution in [0.3, 0.4) is 0 Å². The lowest BCUT2D eigenvalue weighted by atomic mass is 10.0. The summed E-state index contributed by atoms with van der Waals surface area (Å²) < 4.78 is 11.5. The topological polar surface area (TPSA) is 67.8 Å². The number of hydrogen-bond acceptors (Lipinski definition) is 6. The Hall–Kier alpha value is -2.67. The fourth-order valence-corrected chi connectivity index (χ4v) is 4.49. The van der Waals surface area contributed by atoms with E-state index in [-0.39, 0.29) is 12.0 Å². The molecule has 0 bridgehead atoms. The maximum atomic E-state index is 13.0. The number of nitrogens with zero attached hydrogens (tertiary/aromatic N) is 4. The van der Waals surface area contributed by atoms with Gasteiger partial charge in [0.25, 0.3) is 0 Å². The summed E-state index contributed by atoms with van der Waals surface area (Å²) >= 11 is 0. The van der Waals surface area contributed by atoms with E-state index >= 15 is 0 Å². The van der Waals surface area contributed by atoms with Gasteiger partial charge >= 0.3 is 0 Å². The van der Waals surface area contributed by atoms with Crippen molar-refractivity contribution in [2.75, 3.05) is 45.8 Å². The van der Waals surface area contributed by atoms with E-state index in [1.165, 1.54) is 25.7 Å². The molecule has 2 aromatic rings. The third-order valence-electron chi connectivity index (χ3n) is 6.25. The maximum absolute atomic E-state index is 13.0. The number of amides is 1. The van der Waals surface area contributed by atoms with Crippen molar-refractivity contribution < 1.29 is 14.3 Å². The molecule has 4 rings (SSSR count). The molecule has 0 radical (unpaired) electrons. The van der Waals surface area contributed by atoms with Crippen molar-refractivity contribution in [3.05, 3.63) is 36.2 Å². The molecule has 1 aromatic heterocycles. The number of ether oxygens (including phenoxy) is 2. The normalized spacial score (nSPS) is 19.5. The highest BCUT2D eigenvalue weighted by Crippen LogP contribution is 2.34. The van der Waals surface area contributed by atoms with Crippen LogP contribution in [0.5, 0.6) is 5.75 Å². The molecule has 1 saturated heterocycles. The highest BCUT2D eigenvalue weighted by atomic mass is 16.5. The number of rotatable bonds is 6. The quantitative estimate of drug-likeness (QED) is 0.704. The van der Waals surface area contributed by atoms with Gasteiger partial charge in [0.15, 0.2) is 0 Å². The smallest absolute Gasteiger partial charge is 0.225 e. The van der Waals surface area contributed by atoms with Crippen LogP contribution in [0.15, 0.2) is 30.5 Å². The van der Waals surface area contributed by atoms with Crippen LogP contribution in [0, 0.1) is 5.92 Å². The van der Waals surface area contributed by atoms with Crippen LogP contribution in [0.4, 0.5) is 5.95 Å². The van der Waals surface area contributed by atoms with Gasteiger partial charge in [0, 0.05) is 38.8 Å². The Bertz CT molecular complexity index is 911. The number of carbonyl (C=O) groups is 1. The zero-order valence-electron chi connectivity index (χ0n) is 18.7. The molecule has 31 heavy (non-hydrogen) atoms. The zero-order chi connectivity index (χ0) is 21.8. The van der Waals surface area contributed by atoms with Gasteiger partial charge in [-0.3, -0.25) is 4.79 Å². The molecule has 2 heterocycles. The van der Waals surface area contributed by atoms with Crippen molar-refractivity contribution in [1.82, 2.24) is 14.9 Å². The lowest BCUT2D eigenvalue weighted by molar-refractivity contribution is -0.140. The molecule has 0 spiro atoms. The van der Waals surface area contributed by atoms with E-state index in [2.05, 4.69) is 4.98 Å². The summed E-state index contributed by atoms with van der Waals surface area (Å²) in [4.78, 5) is 26.2. The monoisotopic (exact) mass is 424 g/mol. The molecule has 1 aliphatic heterocycles. The molecule has 0 N–H and O–H groups in total. The van der Waals surface area contributed by atoms with Gasteiger partial charge in [-0.25, -0.2) is 9.97 Å². The molecule has 166 valence electrons. The van der Waals surface area contributed by atoms with E-state index in [1.807, 2.05) is 54.4 Å². The second-order valence-electron chi connectivity index (χ2n) is 8.65. The first-order valence-corrected chi connectivity index (χ1v) is 11.1. The second kappa shape index (κ2) is 9.64. The first kappa shape index (κ1) is 21.6. The first-order chi connectivity index (χ1) is 15.0. The summed E-state index contributed by atoms with van der Waals surface area (Å²) in [6.45, 7) is 1.68. The molecule has 1 aliphatic carbocycles. The predicted octanol–water partition coefficient (Wildman–Crippen LogP) is 3.70. The van der Waals surface area contributed by atoms with E-state index in [0.717, 1.165) is 22.6 Å². The van der Waals surface area contributed by atoms with Gasteiger partial charge in [0.1, 0.15) is 11.9 Å². The Morgan fingerprint density at radius 3 is 2.84 bits per heavy atom. The molecule has 1 saturated carbocycles. The van der Waals surface area contributed by atoms with Gasteiger partial charge < -0.3 is 19.3 Å². The van der Waals surface area contributed by atoms with Gasteiger partial charge in [0.2, 0.25) is 11.9 Å². The van der Waals surface area contributed by atoms with E-state index in [9.17, 15) is 4.79 Å². The van der Waals surface area contributed by atoms with Crippen molar-refractivity contribution in [2.45, 2.75) is 38.2 Å². The SMILES string of the molecule is COc1cccc(-c2cnc(N(C)C)nc2[C@@H]2CN(C(=O)CC3CCCC3)CCO2)c1. The van der Waals surface area contributed by atoms with Crippen molar-refractivity contribution in [3.8, 4) is 16.9 Å². The van der Waals surface area contributed by atoms with Crippen LogP contribution in [-0.2, 0) is 9.53 Å². The van der Waals surface area contributed by atoms with Gasteiger partial charge in [0.05, 0.1) is 26.0 Å². The molecule has 1 aromatic carbocycles. The Morgan fingerprint density at radius 2 is 2.10 bits per heavy atom. The number of carbonyl (C=O) groups excluding carboxylic acids is 1. The molecule has 1 atom stereocenters. The predicted molar refractivity (Wildman–Crippen MR) is 120 cm³/mol. The van der Waals surface area contributed by atoms with E-state index in [4.69, 9.17) is 14.5 Å². The highest BCUT2D eigenvalue weighted by Gasteiger charge is 2.30. The molecular weight excluding hydrogens is 392 g/mol. The van der Waals surface area contributed by atoms with Crippen LogP contribution in [0.1, 0.15) is 43.9 Å². The summed E-state index contributed by atoms with van der Waals surface area (Å²) in [5.74, 6) is 2.18. The number of aromatic nitrogens is 2. The lowest BCUT2D eigenvalue weighted by Gasteiger charge is -2.34. The largest absolute Gasteiger partial charge is 0.497 e. The Kier molecular flexibility index (Phi) is 6.70. The second-order valence-corrected chi connectivity index (χ2v) is 8.65. The summed E-state index contributed by atoms with van der Waals surface area (Å²) in [7, 11) is 5.50. The Morgan fingerprint density at radius 1 is 1.29 bits per heavy atom. The fraction of sp³-hybridized carbons (Fsp3) is 0.542. The van der Waals surface area contributed by atoms with E-state index in [0.29, 0.717) is 38.0 Å². The average Bonchev–Trinajstić information content (AvgIpc) is 3.31. The van der Waals surface area contributed by atoms with Crippen LogP contribution >= 0.6 is 0 Å². The Balaban J connectivity index is 1.61. The highest BCUT2D eigenvalue weighted by molar-refractivity contribution is 5.77. The summed E-state index contributed by atoms with van der Waals surface area (Å²) in [5, 5.41) is 0. The molecule has 2 fully saturated rings. The van der Waals surface area contributed by atoms with Gasteiger partial charge in [-0.15, -0.1) is 0 Å². The molecular formula is C24H32N4O3. The fourth-order valence-electron chi connectivity index (χ4n) is 4.49. The number of anilines is 1. The van der Waals surface area contributed by atoms with Crippen LogP contribution in [0.2, 0.25) is 0 Å². The first-order valence-electron chi connectivity index (χ1n) is 11.1. The minimum absolute atomic E-state index is 0.241. The summed E-state index contributed by atoms with van der Waals surface area (Å²) in [6.07, 6.45) is 7.07. The third-order valence-corrected chi connectivity index (χ3v) is 6.25. The third kappa shape index (κ3) is 4.98. The number of morpholine rings is 1. The number of hydrogen-bond donors (Lipinski definition) is 0. The number of methoxy groups -OCH3 is 1. The average molecular weight is 425 g/mol. The van der Waals surface area contributed by atoms with Crippen LogP contribution in [-0.4, -0.2) is 61.7 Å². The minimum Gasteiger partial charge on any atom is -0.497 e. The maximum Gasteiger partial charge on any atom is 0.225 e. The molecule has 0 unspecified atom stereocenters. The van der Waals surface area contributed by atoms with Crippen molar-refractivity contribution in [3.63, 3.8) is 0 Å². The zero-order valence-corrected chi connectivity index (χ0v) is 18.7. The Labute approximate surface area is 184 Å². The lowest BCUT2D eigenvalue weighted by Crippen LogP contribution is -2.43. The molecule has 1 amide bonds. The van der Waals surface area contributed by atoms with Gasteiger partial charge in [-0.05, 0) is 36.5 Å². The van der Waals surface area contributed by atoms with Gasteiger partial charge in [-0.2, -0.15) is 0 Å². The van der Waals surface area contributed by atoms with Crippen LogP contribution < -0.4 is 9.64 Å². The summed E-state index contributed by atoms with van der Waals surface area (Å²) in [5.41, 5.74) is 2.68. The van der Waals surface area contributed by atoms with E-state index in [1.54, 1.807) is 7.11 Å². The minimum atomic E-state index is -0.288.